The van der Waals surface area contributed by atoms with Crippen LogP contribution in [0.5, 0.6) is 0 Å². The molecule has 6 heteroatoms. The predicted octanol–water partition coefficient (Wildman–Crippen LogP) is 3.26. The van der Waals surface area contributed by atoms with Crippen LogP contribution in [-0.4, -0.2) is 22.2 Å². The first-order valence-corrected chi connectivity index (χ1v) is 9.13. The lowest BCUT2D eigenvalue weighted by molar-refractivity contribution is -0.119. The molecule has 0 radical (unpaired) electrons. The van der Waals surface area contributed by atoms with Crippen molar-refractivity contribution < 1.29 is 4.79 Å². The van der Waals surface area contributed by atoms with E-state index in [2.05, 4.69) is 21.0 Å². The van der Waals surface area contributed by atoms with Crippen LogP contribution in [-0.2, 0) is 17.8 Å². The maximum absolute atomic E-state index is 12.7. The van der Waals surface area contributed by atoms with Crippen molar-refractivity contribution in [2.75, 3.05) is 11.4 Å². The molecule has 1 amide bonds. The van der Waals surface area contributed by atoms with Crippen molar-refractivity contribution >= 4 is 27.5 Å². The van der Waals surface area contributed by atoms with Gasteiger partial charge in [-0.05, 0) is 36.2 Å². The average Bonchev–Trinajstić information content (AvgIpc) is 3.08. The van der Waals surface area contributed by atoms with Gasteiger partial charge in [0.25, 0.3) is 5.56 Å². The number of halogens is 1. The molecule has 26 heavy (non-hydrogen) atoms. The summed E-state index contributed by atoms with van der Waals surface area (Å²) in [7, 11) is 0. The Labute approximate surface area is 159 Å². The van der Waals surface area contributed by atoms with Gasteiger partial charge in [-0.15, -0.1) is 0 Å². The smallest absolute Gasteiger partial charge is 0.267 e. The van der Waals surface area contributed by atoms with Crippen LogP contribution < -0.4 is 10.5 Å². The molecule has 0 saturated heterocycles. The Morgan fingerprint density at radius 1 is 1.04 bits per heavy atom. The molecular formula is C20H16BrN3O2. The van der Waals surface area contributed by atoms with Gasteiger partial charge in [0.05, 0.1) is 5.69 Å². The van der Waals surface area contributed by atoms with Crippen molar-refractivity contribution in [1.29, 1.82) is 0 Å². The van der Waals surface area contributed by atoms with Crippen molar-refractivity contribution in [2.45, 2.75) is 13.0 Å². The van der Waals surface area contributed by atoms with Crippen LogP contribution in [0.1, 0.15) is 5.56 Å². The van der Waals surface area contributed by atoms with Gasteiger partial charge in [-0.25, -0.2) is 4.68 Å². The molecule has 0 spiro atoms. The Morgan fingerprint density at radius 3 is 2.62 bits per heavy atom. The Hall–Kier alpha value is -2.73. The summed E-state index contributed by atoms with van der Waals surface area (Å²) < 4.78 is 2.21. The lowest BCUT2D eigenvalue weighted by atomic mass is 10.1. The fourth-order valence-corrected chi connectivity index (χ4v) is 3.41. The van der Waals surface area contributed by atoms with Gasteiger partial charge in [0.15, 0.2) is 0 Å². The summed E-state index contributed by atoms with van der Waals surface area (Å²) in [5, 5.41) is 4.38. The van der Waals surface area contributed by atoms with Gasteiger partial charge in [-0.3, -0.25) is 9.59 Å². The highest BCUT2D eigenvalue weighted by Crippen LogP contribution is 2.27. The number of hydrogen-bond acceptors (Lipinski definition) is 3. The summed E-state index contributed by atoms with van der Waals surface area (Å²) in [4.78, 5) is 26.6. The van der Waals surface area contributed by atoms with Crippen molar-refractivity contribution in [3.63, 3.8) is 0 Å². The molecule has 5 nitrogen and oxygen atoms in total. The summed E-state index contributed by atoms with van der Waals surface area (Å²) in [6.45, 7) is 0.566. The normalized spacial score (nSPS) is 12.9. The van der Waals surface area contributed by atoms with Crippen LogP contribution in [0.2, 0.25) is 0 Å². The minimum atomic E-state index is -0.285. The van der Waals surface area contributed by atoms with Crippen molar-refractivity contribution in [2.24, 2.45) is 0 Å². The third-order valence-electron chi connectivity index (χ3n) is 4.48. The molecule has 0 N–H and O–H groups in total. The first kappa shape index (κ1) is 16.7. The second kappa shape index (κ2) is 6.88. The van der Waals surface area contributed by atoms with Gasteiger partial charge in [-0.1, -0.05) is 46.3 Å². The monoisotopic (exact) mass is 409 g/mol. The Kier molecular flexibility index (Phi) is 4.42. The summed E-state index contributed by atoms with van der Waals surface area (Å²) in [6.07, 6.45) is 0.836. The third-order valence-corrected chi connectivity index (χ3v) is 5.01. The quantitative estimate of drug-likeness (QED) is 0.666. The number of para-hydroxylation sites is 1. The maximum atomic E-state index is 12.7. The highest BCUT2D eigenvalue weighted by Gasteiger charge is 2.24. The van der Waals surface area contributed by atoms with E-state index in [0.29, 0.717) is 12.2 Å². The van der Waals surface area contributed by atoms with Crippen molar-refractivity contribution in [3.05, 3.63) is 81.1 Å². The highest BCUT2D eigenvalue weighted by atomic mass is 79.9. The molecule has 130 valence electrons. The number of benzene rings is 2. The van der Waals surface area contributed by atoms with Crippen LogP contribution in [0.3, 0.4) is 0 Å². The van der Waals surface area contributed by atoms with Gasteiger partial charge < -0.3 is 4.90 Å². The molecule has 1 aromatic heterocycles. The number of amides is 1. The van der Waals surface area contributed by atoms with Crippen LogP contribution in [0.25, 0.3) is 11.3 Å². The molecule has 1 aliphatic heterocycles. The third kappa shape index (κ3) is 3.20. The molecule has 2 heterocycles. The van der Waals surface area contributed by atoms with Crippen LogP contribution in [0.4, 0.5) is 5.69 Å². The van der Waals surface area contributed by atoms with E-state index in [1.54, 1.807) is 11.0 Å². The molecule has 0 bridgehead atoms. The molecule has 1 aliphatic rings. The topological polar surface area (TPSA) is 55.2 Å². The van der Waals surface area contributed by atoms with Crippen molar-refractivity contribution in [1.82, 2.24) is 9.78 Å². The Bertz CT molecular complexity index is 1030. The van der Waals surface area contributed by atoms with Gasteiger partial charge in [0, 0.05) is 28.3 Å². The van der Waals surface area contributed by atoms with Gasteiger partial charge in [0.1, 0.15) is 6.54 Å². The number of rotatable bonds is 3. The summed E-state index contributed by atoms with van der Waals surface area (Å²) >= 11 is 3.40. The number of hydrogen-bond donors (Lipinski definition) is 0. The number of fused-ring (bicyclic) bond motifs is 1. The minimum absolute atomic E-state index is 0.0719. The van der Waals surface area contributed by atoms with Crippen LogP contribution >= 0.6 is 15.9 Å². The zero-order chi connectivity index (χ0) is 18.1. The van der Waals surface area contributed by atoms with Gasteiger partial charge >= 0.3 is 0 Å². The highest BCUT2D eigenvalue weighted by molar-refractivity contribution is 9.10. The second-order valence-electron chi connectivity index (χ2n) is 6.15. The van der Waals surface area contributed by atoms with E-state index in [4.69, 9.17) is 0 Å². The second-order valence-corrected chi connectivity index (χ2v) is 7.06. The van der Waals surface area contributed by atoms with Gasteiger partial charge in [0.2, 0.25) is 5.91 Å². The number of anilines is 1. The lowest BCUT2D eigenvalue weighted by Crippen LogP contribution is -2.36. The largest absolute Gasteiger partial charge is 0.310 e. The molecular weight excluding hydrogens is 394 g/mol. The SMILES string of the molecule is O=C(Cn1nc(-c2ccc(Br)cc2)ccc1=O)N1CCc2ccccc21. The zero-order valence-corrected chi connectivity index (χ0v) is 15.5. The summed E-state index contributed by atoms with van der Waals surface area (Å²) in [5.41, 5.74) is 3.35. The van der Waals surface area contributed by atoms with E-state index in [-0.39, 0.29) is 18.0 Å². The fraction of sp³-hybridized carbons (Fsp3) is 0.150. The molecule has 2 aromatic carbocycles. The number of aromatic nitrogens is 2. The van der Waals surface area contributed by atoms with E-state index >= 15 is 0 Å². The van der Waals surface area contributed by atoms with Crippen molar-refractivity contribution in [3.8, 4) is 11.3 Å². The van der Waals surface area contributed by atoms with Gasteiger partial charge in [-0.2, -0.15) is 5.10 Å². The van der Waals surface area contributed by atoms with E-state index in [0.717, 1.165) is 27.7 Å². The van der Waals surface area contributed by atoms with E-state index in [1.165, 1.54) is 10.7 Å². The molecule has 0 fully saturated rings. The molecule has 0 saturated carbocycles. The van der Waals surface area contributed by atoms with Crippen LogP contribution in [0.15, 0.2) is 69.9 Å². The summed E-state index contributed by atoms with van der Waals surface area (Å²) in [6, 6.07) is 18.7. The predicted molar refractivity (Wildman–Crippen MR) is 104 cm³/mol. The minimum Gasteiger partial charge on any atom is -0.310 e. The van der Waals surface area contributed by atoms with E-state index in [9.17, 15) is 9.59 Å². The first-order valence-electron chi connectivity index (χ1n) is 8.34. The maximum Gasteiger partial charge on any atom is 0.267 e. The number of carbonyl (C=O) groups is 1. The Morgan fingerprint density at radius 2 is 1.81 bits per heavy atom. The Balaban J connectivity index is 1.60. The molecule has 3 aromatic rings. The fourth-order valence-electron chi connectivity index (χ4n) is 3.15. The molecule has 0 atom stereocenters. The number of carbonyl (C=O) groups excluding carboxylic acids is 1. The van der Waals surface area contributed by atoms with E-state index < -0.39 is 0 Å². The summed E-state index contributed by atoms with van der Waals surface area (Å²) in [5.74, 6) is -0.127. The lowest BCUT2D eigenvalue weighted by Gasteiger charge is -2.17. The van der Waals surface area contributed by atoms with E-state index in [1.807, 2.05) is 48.5 Å². The standard InChI is InChI=1S/C20H16BrN3O2/c21-16-7-5-14(6-8-16)17-9-10-19(25)24(22-17)13-20(26)23-12-11-15-3-1-2-4-18(15)23/h1-10H,11-13H2. The first-order chi connectivity index (χ1) is 12.6. The number of nitrogens with zero attached hydrogens (tertiary/aromatic N) is 3. The average molecular weight is 410 g/mol. The van der Waals surface area contributed by atoms with Crippen LogP contribution in [0, 0.1) is 0 Å². The molecule has 4 rings (SSSR count). The molecule has 0 unspecified atom stereocenters. The molecule has 0 aliphatic carbocycles. The zero-order valence-electron chi connectivity index (χ0n) is 13.9.